The largest absolute Gasteiger partial charge is 0.484 e. The van der Waals surface area contributed by atoms with Crippen molar-refractivity contribution in [1.29, 1.82) is 0 Å². The zero-order valence-electron chi connectivity index (χ0n) is 12.0. The van der Waals surface area contributed by atoms with E-state index in [2.05, 4.69) is 0 Å². The third-order valence-electron chi connectivity index (χ3n) is 3.74. The fourth-order valence-corrected chi connectivity index (χ4v) is 2.35. The van der Waals surface area contributed by atoms with Crippen LogP contribution in [0.3, 0.4) is 0 Å². The summed E-state index contributed by atoms with van der Waals surface area (Å²) in [5.41, 5.74) is -0.574. The maximum atomic E-state index is 12.3. The molecule has 1 heterocycles. The number of nitrogens with zero attached hydrogens (tertiary/aromatic N) is 1. The van der Waals surface area contributed by atoms with Gasteiger partial charge in [-0.1, -0.05) is 18.2 Å². The molecule has 0 aliphatic carbocycles. The minimum atomic E-state index is -0.574. The van der Waals surface area contributed by atoms with E-state index in [-0.39, 0.29) is 12.5 Å². The standard InChI is InChI=1S/C15H21NO4/c1-16(15(18-2)8-10-19-11-9-15)14(17)12-20-13-6-4-3-5-7-13/h3-7H,8-12H2,1-2H3. The average molecular weight is 279 g/mol. The number of para-hydroxylation sites is 1. The van der Waals surface area contributed by atoms with Crippen molar-refractivity contribution in [3.8, 4) is 5.75 Å². The molecule has 1 aromatic rings. The van der Waals surface area contributed by atoms with Crippen LogP contribution < -0.4 is 4.74 Å². The second-order valence-corrected chi connectivity index (χ2v) is 4.82. The Labute approximate surface area is 119 Å². The molecule has 5 nitrogen and oxygen atoms in total. The van der Waals surface area contributed by atoms with E-state index in [0.29, 0.717) is 31.8 Å². The van der Waals surface area contributed by atoms with Gasteiger partial charge in [0.1, 0.15) is 11.5 Å². The smallest absolute Gasteiger partial charge is 0.262 e. The van der Waals surface area contributed by atoms with Crippen LogP contribution in [-0.4, -0.2) is 50.5 Å². The molecule has 5 heteroatoms. The normalized spacial score (nSPS) is 17.5. The Kier molecular flexibility index (Phi) is 4.98. The molecule has 1 amide bonds. The van der Waals surface area contributed by atoms with Crippen molar-refractivity contribution in [2.45, 2.75) is 18.6 Å². The number of hydrogen-bond acceptors (Lipinski definition) is 4. The molecular weight excluding hydrogens is 258 g/mol. The van der Waals surface area contributed by atoms with Crippen LogP contribution in [0.2, 0.25) is 0 Å². The topological polar surface area (TPSA) is 48.0 Å². The van der Waals surface area contributed by atoms with Gasteiger partial charge in [0, 0.05) is 27.0 Å². The maximum Gasteiger partial charge on any atom is 0.262 e. The third kappa shape index (κ3) is 3.29. The van der Waals surface area contributed by atoms with E-state index in [4.69, 9.17) is 14.2 Å². The summed E-state index contributed by atoms with van der Waals surface area (Å²) in [4.78, 5) is 13.9. The lowest BCUT2D eigenvalue weighted by Crippen LogP contribution is -2.55. The fraction of sp³-hybridized carbons (Fsp3) is 0.533. The van der Waals surface area contributed by atoms with Gasteiger partial charge in [0.2, 0.25) is 0 Å². The van der Waals surface area contributed by atoms with E-state index in [0.717, 1.165) is 0 Å². The zero-order chi connectivity index (χ0) is 14.4. The van der Waals surface area contributed by atoms with E-state index in [9.17, 15) is 4.79 Å². The van der Waals surface area contributed by atoms with Crippen LogP contribution in [-0.2, 0) is 14.3 Å². The molecule has 0 aromatic heterocycles. The number of ether oxygens (including phenoxy) is 3. The number of amides is 1. The number of hydrogen-bond donors (Lipinski definition) is 0. The van der Waals surface area contributed by atoms with Gasteiger partial charge in [-0.2, -0.15) is 0 Å². The van der Waals surface area contributed by atoms with Crippen LogP contribution in [0.1, 0.15) is 12.8 Å². The summed E-state index contributed by atoms with van der Waals surface area (Å²) >= 11 is 0. The third-order valence-corrected chi connectivity index (χ3v) is 3.74. The number of methoxy groups -OCH3 is 1. The van der Waals surface area contributed by atoms with Crippen LogP contribution in [0.15, 0.2) is 30.3 Å². The van der Waals surface area contributed by atoms with Crippen LogP contribution >= 0.6 is 0 Å². The highest BCUT2D eigenvalue weighted by Crippen LogP contribution is 2.27. The fourth-order valence-electron chi connectivity index (χ4n) is 2.35. The molecule has 110 valence electrons. The van der Waals surface area contributed by atoms with Crippen molar-refractivity contribution in [2.24, 2.45) is 0 Å². The van der Waals surface area contributed by atoms with Gasteiger partial charge in [0.05, 0.1) is 13.2 Å². The summed E-state index contributed by atoms with van der Waals surface area (Å²) in [7, 11) is 3.39. The van der Waals surface area contributed by atoms with E-state index in [1.165, 1.54) is 0 Å². The van der Waals surface area contributed by atoms with Gasteiger partial charge in [-0.3, -0.25) is 4.79 Å². The molecular formula is C15H21NO4. The summed E-state index contributed by atoms with van der Waals surface area (Å²) in [5.74, 6) is 0.588. The first-order valence-electron chi connectivity index (χ1n) is 6.75. The second kappa shape index (κ2) is 6.72. The van der Waals surface area contributed by atoms with Crippen LogP contribution in [0.5, 0.6) is 5.75 Å². The first kappa shape index (κ1) is 14.8. The van der Waals surface area contributed by atoms with Crippen molar-refractivity contribution < 1.29 is 19.0 Å². The predicted molar refractivity (Wildman–Crippen MR) is 74.5 cm³/mol. The summed E-state index contributed by atoms with van der Waals surface area (Å²) in [6, 6.07) is 9.31. The van der Waals surface area contributed by atoms with Crippen molar-refractivity contribution in [3.05, 3.63) is 30.3 Å². The molecule has 20 heavy (non-hydrogen) atoms. The molecule has 0 saturated carbocycles. The van der Waals surface area contributed by atoms with E-state index < -0.39 is 5.72 Å². The Hall–Kier alpha value is -1.59. The first-order chi connectivity index (χ1) is 9.68. The highest BCUT2D eigenvalue weighted by Gasteiger charge is 2.39. The Bertz CT molecular complexity index is 429. The van der Waals surface area contributed by atoms with Crippen molar-refractivity contribution >= 4 is 5.91 Å². The molecule has 1 fully saturated rings. The van der Waals surface area contributed by atoms with Gasteiger partial charge in [0.15, 0.2) is 6.61 Å². The molecule has 0 unspecified atom stereocenters. The van der Waals surface area contributed by atoms with Gasteiger partial charge in [-0.25, -0.2) is 0 Å². The minimum Gasteiger partial charge on any atom is -0.484 e. The lowest BCUT2D eigenvalue weighted by Gasteiger charge is -2.42. The molecule has 0 atom stereocenters. The van der Waals surface area contributed by atoms with Crippen LogP contribution in [0, 0.1) is 0 Å². The molecule has 2 rings (SSSR count). The summed E-state index contributed by atoms with van der Waals surface area (Å²) in [6.45, 7) is 1.21. The maximum absolute atomic E-state index is 12.3. The summed E-state index contributed by atoms with van der Waals surface area (Å²) in [6.07, 6.45) is 1.36. The number of rotatable bonds is 5. The van der Waals surface area contributed by atoms with Crippen LogP contribution in [0.4, 0.5) is 0 Å². The Balaban J connectivity index is 1.93. The van der Waals surface area contributed by atoms with E-state index in [1.54, 1.807) is 19.1 Å². The van der Waals surface area contributed by atoms with Gasteiger partial charge in [-0.05, 0) is 12.1 Å². The van der Waals surface area contributed by atoms with E-state index in [1.807, 2.05) is 30.3 Å². The number of benzene rings is 1. The zero-order valence-corrected chi connectivity index (χ0v) is 12.0. The molecule has 1 saturated heterocycles. The van der Waals surface area contributed by atoms with Gasteiger partial charge in [-0.15, -0.1) is 0 Å². The SMILES string of the molecule is COC1(N(C)C(=O)COc2ccccc2)CCOCC1. The molecule has 1 aliphatic heterocycles. The minimum absolute atomic E-state index is 0.00643. The monoisotopic (exact) mass is 279 g/mol. The quantitative estimate of drug-likeness (QED) is 0.769. The number of carbonyl (C=O) groups excluding carboxylic acids is 1. The Morgan fingerprint density at radius 1 is 1.30 bits per heavy atom. The summed E-state index contributed by atoms with van der Waals surface area (Å²) < 4.78 is 16.4. The molecule has 0 bridgehead atoms. The number of likely N-dealkylation sites (N-methyl/N-ethyl adjacent to an activating group) is 1. The summed E-state index contributed by atoms with van der Waals surface area (Å²) in [5, 5.41) is 0. The molecule has 0 N–H and O–H groups in total. The highest BCUT2D eigenvalue weighted by molar-refractivity contribution is 5.78. The molecule has 1 aliphatic rings. The lowest BCUT2D eigenvalue weighted by molar-refractivity contribution is -0.188. The molecule has 0 spiro atoms. The number of carbonyl (C=O) groups is 1. The lowest BCUT2D eigenvalue weighted by atomic mass is 10.0. The van der Waals surface area contributed by atoms with Gasteiger partial charge >= 0.3 is 0 Å². The Morgan fingerprint density at radius 3 is 2.55 bits per heavy atom. The van der Waals surface area contributed by atoms with Gasteiger partial charge in [0.25, 0.3) is 5.91 Å². The van der Waals surface area contributed by atoms with Crippen LogP contribution in [0.25, 0.3) is 0 Å². The average Bonchev–Trinajstić information content (AvgIpc) is 2.53. The van der Waals surface area contributed by atoms with Crippen molar-refractivity contribution in [2.75, 3.05) is 34.0 Å². The second-order valence-electron chi connectivity index (χ2n) is 4.82. The Morgan fingerprint density at radius 2 is 1.95 bits per heavy atom. The van der Waals surface area contributed by atoms with Crippen molar-refractivity contribution in [1.82, 2.24) is 4.90 Å². The van der Waals surface area contributed by atoms with Crippen molar-refractivity contribution in [3.63, 3.8) is 0 Å². The predicted octanol–water partition coefficient (Wildman–Crippen LogP) is 1.68. The van der Waals surface area contributed by atoms with E-state index >= 15 is 0 Å². The highest BCUT2D eigenvalue weighted by atomic mass is 16.5. The first-order valence-corrected chi connectivity index (χ1v) is 6.75. The van der Waals surface area contributed by atoms with Gasteiger partial charge < -0.3 is 19.1 Å². The molecule has 1 aromatic carbocycles. The molecule has 0 radical (unpaired) electrons.